The Balaban J connectivity index is 1.55. The van der Waals surface area contributed by atoms with Crippen LogP contribution < -0.4 is 5.32 Å². The fourth-order valence-electron chi connectivity index (χ4n) is 2.53. The zero-order chi connectivity index (χ0) is 13.1. The third kappa shape index (κ3) is 3.15. The molecule has 1 aliphatic heterocycles. The Morgan fingerprint density at radius 2 is 2.32 bits per heavy atom. The molecule has 0 radical (unpaired) electrons. The molecule has 0 bridgehead atoms. The van der Waals surface area contributed by atoms with Gasteiger partial charge in [0.05, 0.1) is 12.7 Å². The number of thiophene rings is 1. The normalized spacial score (nSPS) is 21.0. The van der Waals surface area contributed by atoms with Crippen molar-refractivity contribution in [2.45, 2.75) is 12.6 Å². The van der Waals surface area contributed by atoms with E-state index in [-0.39, 0.29) is 0 Å². The minimum atomic E-state index is 0.323. The van der Waals surface area contributed by atoms with Crippen molar-refractivity contribution in [3.63, 3.8) is 0 Å². The monoisotopic (exact) mass is 276 g/mol. The van der Waals surface area contributed by atoms with Gasteiger partial charge in [0.15, 0.2) is 0 Å². The van der Waals surface area contributed by atoms with E-state index >= 15 is 0 Å². The number of hydrogen-bond donors (Lipinski definition) is 1. The van der Waals surface area contributed by atoms with E-state index in [4.69, 9.17) is 4.74 Å². The van der Waals surface area contributed by atoms with E-state index in [1.54, 1.807) is 0 Å². The maximum atomic E-state index is 5.75. The summed E-state index contributed by atoms with van der Waals surface area (Å²) in [7, 11) is 2.15. The van der Waals surface area contributed by atoms with E-state index < -0.39 is 0 Å². The number of fused-ring (bicyclic) bond motifs is 1. The third-order valence-corrected chi connectivity index (χ3v) is 4.60. The third-order valence-electron chi connectivity index (χ3n) is 3.59. The molecule has 0 amide bonds. The predicted octanol–water partition coefficient (Wildman–Crippen LogP) is 2.32. The topological polar surface area (TPSA) is 24.5 Å². The van der Waals surface area contributed by atoms with Crippen LogP contribution in [0.3, 0.4) is 0 Å². The quantitative estimate of drug-likeness (QED) is 0.927. The molecule has 2 aromatic rings. The van der Waals surface area contributed by atoms with Gasteiger partial charge in [-0.15, -0.1) is 11.3 Å². The molecule has 1 aromatic heterocycles. The number of nitrogens with one attached hydrogen (secondary N) is 1. The van der Waals surface area contributed by atoms with E-state index in [1.807, 2.05) is 11.3 Å². The molecule has 2 heterocycles. The second-order valence-electron chi connectivity index (χ2n) is 5.14. The largest absolute Gasteiger partial charge is 0.374 e. The predicted molar refractivity (Wildman–Crippen MR) is 80.8 cm³/mol. The van der Waals surface area contributed by atoms with Crippen LogP contribution in [-0.4, -0.2) is 44.3 Å². The number of ether oxygens (including phenoxy) is 1. The number of likely N-dealkylation sites (N-methyl/N-ethyl adjacent to an activating group) is 1. The van der Waals surface area contributed by atoms with Crippen molar-refractivity contribution in [3.8, 4) is 0 Å². The first-order valence-electron chi connectivity index (χ1n) is 6.79. The Kier molecular flexibility index (Phi) is 4.13. The van der Waals surface area contributed by atoms with Gasteiger partial charge in [0.1, 0.15) is 0 Å². The van der Waals surface area contributed by atoms with Crippen LogP contribution in [0.5, 0.6) is 0 Å². The van der Waals surface area contributed by atoms with E-state index in [0.717, 1.165) is 32.8 Å². The van der Waals surface area contributed by atoms with Crippen LogP contribution in [-0.2, 0) is 11.3 Å². The molecule has 1 atom stereocenters. The average molecular weight is 276 g/mol. The van der Waals surface area contributed by atoms with Crippen molar-refractivity contribution >= 4 is 21.4 Å². The molecule has 0 unspecified atom stereocenters. The molecule has 0 aliphatic carbocycles. The first-order chi connectivity index (χ1) is 9.33. The maximum Gasteiger partial charge on any atom is 0.0826 e. The van der Waals surface area contributed by atoms with Crippen molar-refractivity contribution in [2.24, 2.45) is 0 Å². The summed E-state index contributed by atoms with van der Waals surface area (Å²) >= 11 is 1.82. The van der Waals surface area contributed by atoms with Crippen molar-refractivity contribution in [3.05, 3.63) is 35.2 Å². The number of rotatable bonds is 4. The van der Waals surface area contributed by atoms with Gasteiger partial charge in [-0.2, -0.15) is 0 Å². The van der Waals surface area contributed by atoms with Crippen molar-refractivity contribution in [1.82, 2.24) is 10.2 Å². The molecule has 1 aromatic carbocycles. The molecule has 3 nitrogen and oxygen atoms in total. The SMILES string of the molecule is CN1CCO[C@H](CNCc2csc3ccccc23)C1. The zero-order valence-electron chi connectivity index (χ0n) is 11.3. The summed E-state index contributed by atoms with van der Waals surface area (Å²) in [6.07, 6.45) is 0.323. The Morgan fingerprint density at radius 1 is 1.42 bits per heavy atom. The Labute approximate surface area is 118 Å². The maximum absolute atomic E-state index is 5.75. The molecule has 1 N–H and O–H groups in total. The molecule has 102 valence electrons. The Hall–Kier alpha value is -0.940. The second-order valence-corrected chi connectivity index (χ2v) is 6.05. The van der Waals surface area contributed by atoms with Crippen molar-refractivity contribution in [1.29, 1.82) is 0 Å². The molecule has 4 heteroatoms. The lowest BCUT2D eigenvalue weighted by Gasteiger charge is -2.30. The zero-order valence-corrected chi connectivity index (χ0v) is 12.1. The smallest absolute Gasteiger partial charge is 0.0826 e. The van der Waals surface area contributed by atoms with E-state index in [9.17, 15) is 0 Å². The molecular weight excluding hydrogens is 256 g/mol. The summed E-state index contributed by atoms with van der Waals surface area (Å²) in [5, 5.41) is 7.16. The summed E-state index contributed by atoms with van der Waals surface area (Å²) in [5.41, 5.74) is 1.39. The van der Waals surface area contributed by atoms with Gasteiger partial charge >= 0.3 is 0 Å². The first-order valence-corrected chi connectivity index (χ1v) is 7.67. The van der Waals surface area contributed by atoms with Crippen molar-refractivity contribution in [2.75, 3.05) is 33.3 Å². The van der Waals surface area contributed by atoms with Crippen LogP contribution in [0.15, 0.2) is 29.6 Å². The Morgan fingerprint density at radius 3 is 3.21 bits per heavy atom. The molecular formula is C15H20N2OS. The van der Waals surface area contributed by atoms with Gasteiger partial charge in [-0.1, -0.05) is 18.2 Å². The van der Waals surface area contributed by atoms with Gasteiger partial charge < -0.3 is 15.0 Å². The summed E-state index contributed by atoms with van der Waals surface area (Å²) in [6.45, 7) is 4.77. The highest BCUT2D eigenvalue weighted by molar-refractivity contribution is 7.17. The van der Waals surface area contributed by atoms with Gasteiger partial charge in [-0.3, -0.25) is 0 Å². The second kappa shape index (κ2) is 6.01. The van der Waals surface area contributed by atoms with Crippen LogP contribution in [0.25, 0.3) is 10.1 Å². The van der Waals surface area contributed by atoms with E-state index in [1.165, 1.54) is 15.6 Å². The number of benzene rings is 1. The number of hydrogen-bond acceptors (Lipinski definition) is 4. The number of nitrogens with zero attached hydrogens (tertiary/aromatic N) is 1. The molecule has 0 saturated carbocycles. The molecule has 19 heavy (non-hydrogen) atoms. The average Bonchev–Trinajstić information content (AvgIpc) is 2.83. The minimum absolute atomic E-state index is 0.323. The summed E-state index contributed by atoms with van der Waals surface area (Å²) in [4.78, 5) is 2.33. The van der Waals surface area contributed by atoms with Gasteiger partial charge in [-0.25, -0.2) is 0 Å². The fraction of sp³-hybridized carbons (Fsp3) is 0.467. The van der Waals surface area contributed by atoms with Gasteiger partial charge in [0, 0.05) is 30.9 Å². The van der Waals surface area contributed by atoms with Crippen LogP contribution in [0.1, 0.15) is 5.56 Å². The molecule has 0 spiro atoms. The van der Waals surface area contributed by atoms with Crippen LogP contribution in [0.2, 0.25) is 0 Å². The highest BCUT2D eigenvalue weighted by Gasteiger charge is 2.17. The summed E-state index contributed by atoms with van der Waals surface area (Å²) in [6, 6.07) is 8.59. The van der Waals surface area contributed by atoms with Crippen molar-refractivity contribution < 1.29 is 4.74 Å². The molecule has 3 rings (SSSR count). The van der Waals surface area contributed by atoms with Gasteiger partial charge in [0.25, 0.3) is 0 Å². The lowest BCUT2D eigenvalue weighted by Crippen LogP contribution is -2.44. The highest BCUT2D eigenvalue weighted by atomic mass is 32.1. The lowest BCUT2D eigenvalue weighted by atomic mass is 10.2. The highest BCUT2D eigenvalue weighted by Crippen LogP contribution is 2.25. The van der Waals surface area contributed by atoms with Gasteiger partial charge in [-0.05, 0) is 29.4 Å². The van der Waals surface area contributed by atoms with Gasteiger partial charge in [0.2, 0.25) is 0 Å². The molecule has 1 aliphatic rings. The summed E-state index contributed by atoms with van der Waals surface area (Å²) < 4.78 is 7.12. The first kappa shape index (κ1) is 13.1. The molecule has 1 saturated heterocycles. The Bertz CT molecular complexity index is 540. The van der Waals surface area contributed by atoms with Crippen LogP contribution in [0, 0.1) is 0 Å². The standard InChI is InChI=1S/C15H20N2OS/c1-17-6-7-18-13(10-17)9-16-8-12-11-19-15-5-3-2-4-14(12)15/h2-5,11,13,16H,6-10H2,1H3/t13-/m1/s1. The van der Waals surface area contributed by atoms with E-state index in [0.29, 0.717) is 6.10 Å². The summed E-state index contributed by atoms with van der Waals surface area (Å²) in [5.74, 6) is 0. The van der Waals surface area contributed by atoms with Crippen LogP contribution in [0.4, 0.5) is 0 Å². The van der Waals surface area contributed by atoms with E-state index in [2.05, 4.69) is 46.9 Å². The molecule has 1 fully saturated rings. The fourth-order valence-corrected chi connectivity index (χ4v) is 3.49. The minimum Gasteiger partial charge on any atom is -0.374 e. The number of morpholine rings is 1. The van der Waals surface area contributed by atoms with Crippen LogP contribution >= 0.6 is 11.3 Å². The lowest BCUT2D eigenvalue weighted by molar-refractivity contribution is -0.0182.